The van der Waals surface area contributed by atoms with Crippen molar-refractivity contribution in [2.24, 2.45) is 0 Å². The summed E-state index contributed by atoms with van der Waals surface area (Å²) in [6.07, 6.45) is 1.20. The second-order valence-corrected chi connectivity index (χ2v) is 4.24. The molecule has 0 bridgehead atoms. The third-order valence-electron chi connectivity index (χ3n) is 2.79. The fourth-order valence-electron chi connectivity index (χ4n) is 1.93. The van der Waals surface area contributed by atoms with Crippen LogP contribution in [0.4, 0.5) is 8.78 Å². The van der Waals surface area contributed by atoms with Gasteiger partial charge in [0.05, 0.1) is 24.3 Å². The predicted molar refractivity (Wildman–Crippen MR) is 74.2 cm³/mol. The molecule has 9 heteroatoms. The van der Waals surface area contributed by atoms with Crippen molar-refractivity contribution >= 4 is 23.0 Å². The van der Waals surface area contributed by atoms with Crippen LogP contribution in [0.1, 0.15) is 34.7 Å². The Kier molecular flexibility index (Phi) is 5.09. The van der Waals surface area contributed by atoms with Crippen LogP contribution in [0.25, 0.3) is 11.0 Å². The molecule has 23 heavy (non-hydrogen) atoms. The zero-order valence-corrected chi connectivity index (χ0v) is 12.4. The van der Waals surface area contributed by atoms with Crippen LogP contribution >= 0.6 is 0 Å². The number of hydrogen-bond donors (Lipinski definition) is 0. The van der Waals surface area contributed by atoms with Gasteiger partial charge in [-0.1, -0.05) is 0 Å². The van der Waals surface area contributed by atoms with Gasteiger partial charge in [-0.05, 0) is 26.0 Å². The Morgan fingerprint density at radius 3 is 2.48 bits per heavy atom. The molecule has 0 spiro atoms. The number of halogens is 2. The summed E-state index contributed by atoms with van der Waals surface area (Å²) in [6, 6.07) is 2.57. The normalized spacial score (nSPS) is 10.8. The summed E-state index contributed by atoms with van der Waals surface area (Å²) in [5, 5.41) is 0. The van der Waals surface area contributed by atoms with E-state index in [9.17, 15) is 18.4 Å². The first kappa shape index (κ1) is 16.7. The van der Waals surface area contributed by atoms with Gasteiger partial charge in [-0.3, -0.25) is 0 Å². The Balaban J connectivity index is 2.57. The standard InChI is InChI=1S/C14H14F2N2O5/c1-3-21-12(19)8-7-10-9(5-6-18(10)23-14(15)16)17-11(8)13(20)22-4-2/h5-7,14H,3-4H2,1-2H3. The largest absolute Gasteiger partial charge is 0.462 e. The third kappa shape index (κ3) is 3.55. The Bertz CT molecular complexity index is 729. The molecule has 0 N–H and O–H groups in total. The summed E-state index contributed by atoms with van der Waals surface area (Å²) in [5.74, 6) is -1.62. The lowest BCUT2D eigenvalue weighted by Crippen LogP contribution is -2.18. The molecule has 2 rings (SSSR count). The van der Waals surface area contributed by atoms with Crippen LogP contribution in [0.2, 0.25) is 0 Å². The first-order valence-corrected chi connectivity index (χ1v) is 6.79. The molecule has 2 heterocycles. The van der Waals surface area contributed by atoms with Crippen LogP contribution in [0.3, 0.4) is 0 Å². The number of carbonyl (C=O) groups excluding carboxylic acids is 2. The number of hydrogen-bond acceptors (Lipinski definition) is 6. The molecular formula is C14H14F2N2O5. The average Bonchev–Trinajstić information content (AvgIpc) is 2.88. The number of pyridine rings is 1. The molecule has 2 aromatic heterocycles. The maximum Gasteiger partial charge on any atom is 0.405 e. The number of nitrogens with zero attached hydrogens (tertiary/aromatic N) is 2. The zero-order valence-electron chi connectivity index (χ0n) is 12.4. The molecule has 0 atom stereocenters. The molecule has 0 aromatic carbocycles. The van der Waals surface area contributed by atoms with Crippen molar-refractivity contribution in [2.45, 2.75) is 20.5 Å². The average molecular weight is 328 g/mol. The molecule has 0 radical (unpaired) electrons. The van der Waals surface area contributed by atoms with Gasteiger partial charge < -0.3 is 14.3 Å². The van der Waals surface area contributed by atoms with Crippen molar-refractivity contribution < 1.29 is 32.7 Å². The fourth-order valence-corrected chi connectivity index (χ4v) is 1.93. The van der Waals surface area contributed by atoms with E-state index in [4.69, 9.17) is 9.47 Å². The van der Waals surface area contributed by atoms with Crippen molar-refractivity contribution in [3.8, 4) is 0 Å². The molecule has 124 valence electrons. The molecule has 0 aliphatic carbocycles. The summed E-state index contributed by atoms with van der Waals surface area (Å²) >= 11 is 0. The first-order valence-electron chi connectivity index (χ1n) is 6.79. The minimum atomic E-state index is -3.05. The molecule has 0 aliphatic heterocycles. The molecule has 0 saturated carbocycles. The van der Waals surface area contributed by atoms with E-state index in [1.54, 1.807) is 13.8 Å². The molecule has 2 aromatic rings. The minimum Gasteiger partial charge on any atom is -0.462 e. The molecule has 0 fully saturated rings. The van der Waals surface area contributed by atoms with E-state index < -0.39 is 18.6 Å². The molecule has 0 aliphatic rings. The SMILES string of the molecule is CCOC(=O)c1cc2c(ccn2OC(F)F)nc1C(=O)OCC. The number of esters is 2. The zero-order chi connectivity index (χ0) is 17.0. The van der Waals surface area contributed by atoms with Gasteiger partial charge in [0.2, 0.25) is 0 Å². The topological polar surface area (TPSA) is 79.7 Å². The Hall–Kier alpha value is -2.71. The van der Waals surface area contributed by atoms with Crippen LogP contribution < -0.4 is 4.84 Å². The van der Waals surface area contributed by atoms with Gasteiger partial charge in [0.25, 0.3) is 0 Å². The highest BCUT2D eigenvalue weighted by Crippen LogP contribution is 2.20. The van der Waals surface area contributed by atoms with Crippen molar-refractivity contribution in [2.75, 3.05) is 13.2 Å². The van der Waals surface area contributed by atoms with Gasteiger partial charge in [0, 0.05) is 6.20 Å². The lowest BCUT2D eigenvalue weighted by molar-refractivity contribution is -0.128. The fraction of sp³-hybridized carbons (Fsp3) is 0.357. The van der Waals surface area contributed by atoms with Crippen LogP contribution in [0, 0.1) is 0 Å². The highest BCUT2D eigenvalue weighted by Gasteiger charge is 2.24. The number of aromatic nitrogens is 2. The Morgan fingerprint density at radius 1 is 1.22 bits per heavy atom. The Morgan fingerprint density at radius 2 is 1.87 bits per heavy atom. The van der Waals surface area contributed by atoms with Crippen LogP contribution in [0.5, 0.6) is 0 Å². The quantitative estimate of drug-likeness (QED) is 0.755. The van der Waals surface area contributed by atoms with E-state index in [1.807, 2.05) is 0 Å². The highest BCUT2D eigenvalue weighted by atomic mass is 19.3. The number of alkyl halides is 2. The van der Waals surface area contributed by atoms with Crippen LogP contribution in [-0.4, -0.2) is 41.5 Å². The third-order valence-corrected chi connectivity index (χ3v) is 2.79. The summed E-state index contributed by atoms with van der Waals surface area (Å²) in [6.45, 7) is 0.315. The number of carbonyl (C=O) groups is 2. The van der Waals surface area contributed by atoms with E-state index in [-0.39, 0.29) is 35.5 Å². The maximum absolute atomic E-state index is 12.4. The lowest BCUT2D eigenvalue weighted by Gasteiger charge is -2.10. The van der Waals surface area contributed by atoms with E-state index >= 15 is 0 Å². The Labute approximate surface area is 129 Å². The van der Waals surface area contributed by atoms with Crippen molar-refractivity contribution in [1.29, 1.82) is 0 Å². The second-order valence-electron chi connectivity index (χ2n) is 4.24. The van der Waals surface area contributed by atoms with Gasteiger partial charge >= 0.3 is 18.6 Å². The number of ether oxygens (including phenoxy) is 2. The van der Waals surface area contributed by atoms with E-state index in [0.29, 0.717) is 0 Å². The van der Waals surface area contributed by atoms with Crippen molar-refractivity contribution in [3.05, 3.63) is 29.6 Å². The van der Waals surface area contributed by atoms with Gasteiger partial charge in [-0.2, -0.15) is 13.5 Å². The first-order chi connectivity index (χ1) is 11.0. The predicted octanol–water partition coefficient (Wildman–Crippen LogP) is 2.04. The summed E-state index contributed by atoms with van der Waals surface area (Å²) in [4.78, 5) is 32.2. The molecule has 0 amide bonds. The van der Waals surface area contributed by atoms with Gasteiger partial charge in [-0.15, -0.1) is 0 Å². The summed E-state index contributed by atoms with van der Waals surface area (Å²) < 4.78 is 35.2. The second kappa shape index (κ2) is 7.03. The molecule has 7 nitrogen and oxygen atoms in total. The highest BCUT2D eigenvalue weighted by molar-refractivity contribution is 6.04. The minimum absolute atomic E-state index is 0.0771. The van der Waals surface area contributed by atoms with Gasteiger partial charge in [-0.25, -0.2) is 14.6 Å². The van der Waals surface area contributed by atoms with Crippen LogP contribution in [0.15, 0.2) is 18.3 Å². The summed E-state index contributed by atoms with van der Waals surface area (Å²) in [7, 11) is 0. The van der Waals surface area contributed by atoms with E-state index in [2.05, 4.69) is 9.82 Å². The monoisotopic (exact) mass is 328 g/mol. The van der Waals surface area contributed by atoms with E-state index in [0.717, 1.165) is 4.73 Å². The van der Waals surface area contributed by atoms with Crippen LogP contribution in [-0.2, 0) is 9.47 Å². The van der Waals surface area contributed by atoms with E-state index in [1.165, 1.54) is 18.3 Å². The molecule has 0 unspecified atom stereocenters. The molecular weight excluding hydrogens is 314 g/mol. The van der Waals surface area contributed by atoms with Crippen molar-refractivity contribution in [3.63, 3.8) is 0 Å². The molecule has 0 saturated heterocycles. The smallest absolute Gasteiger partial charge is 0.405 e. The number of rotatable bonds is 6. The number of fused-ring (bicyclic) bond motifs is 1. The van der Waals surface area contributed by atoms with Gasteiger partial charge in [0.15, 0.2) is 5.69 Å². The summed E-state index contributed by atoms with van der Waals surface area (Å²) in [5.41, 5.74) is -0.133. The maximum atomic E-state index is 12.4. The lowest BCUT2D eigenvalue weighted by atomic mass is 10.1. The van der Waals surface area contributed by atoms with Gasteiger partial charge in [0.1, 0.15) is 5.52 Å². The van der Waals surface area contributed by atoms with Crippen molar-refractivity contribution in [1.82, 2.24) is 9.71 Å².